The first-order chi connectivity index (χ1) is 14.3. The Hall–Kier alpha value is -3.30. The van der Waals surface area contributed by atoms with Gasteiger partial charge in [0, 0.05) is 23.3 Å². The Kier molecular flexibility index (Phi) is 4.89. The molecule has 0 fully saturated rings. The number of para-hydroxylation sites is 1. The van der Waals surface area contributed by atoms with E-state index in [9.17, 15) is 0 Å². The van der Waals surface area contributed by atoms with Gasteiger partial charge in [0.05, 0.1) is 18.3 Å². The van der Waals surface area contributed by atoms with Gasteiger partial charge in [0.2, 0.25) is 5.13 Å². The molecular weight excluding hydrogens is 404 g/mol. The second-order valence-corrected chi connectivity index (χ2v) is 8.23. The van der Waals surface area contributed by atoms with Crippen LogP contribution in [0.4, 0.5) is 5.13 Å². The smallest absolute Gasteiger partial charge is 0.206 e. The molecule has 0 spiro atoms. The van der Waals surface area contributed by atoms with Gasteiger partial charge in [-0.2, -0.15) is 0 Å². The van der Waals surface area contributed by atoms with Crippen molar-refractivity contribution in [1.82, 2.24) is 25.1 Å². The van der Waals surface area contributed by atoms with E-state index >= 15 is 0 Å². The van der Waals surface area contributed by atoms with Crippen LogP contribution in [0.1, 0.15) is 5.76 Å². The van der Waals surface area contributed by atoms with Crippen molar-refractivity contribution in [2.45, 2.75) is 15.9 Å². The highest BCUT2D eigenvalue weighted by Crippen LogP contribution is 2.35. The average molecular weight is 419 g/mol. The Labute approximate surface area is 174 Å². The van der Waals surface area contributed by atoms with Gasteiger partial charge in [0.15, 0.2) is 10.2 Å². The number of anilines is 1. The molecule has 7 nitrogen and oxygen atoms in total. The highest BCUT2D eigenvalue weighted by atomic mass is 32.2. The molecule has 0 aliphatic rings. The molecule has 29 heavy (non-hydrogen) atoms. The summed E-state index contributed by atoms with van der Waals surface area (Å²) in [5, 5.41) is 14.3. The summed E-state index contributed by atoms with van der Waals surface area (Å²) in [7, 11) is 0. The number of fused-ring (bicyclic) bond motifs is 1. The van der Waals surface area contributed by atoms with Gasteiger partial charge in [-0.25, -0.2) is 9.97 Å². The van der Waals surface area contributed by atoms with Gasteiger partial charge in [-0.1, -0.05) is 29.5 Å². The summed E-state index contributed by atoms with van der Waals surface area (Å²) in [5.74, 6) is 1.51. The van der Waals surface area contributed by atoms with Gasteiger partial charge < -0.3 is 9.73 Å². The third-order valence-corrected chi connectivity index (χ3v) is 6.03. The fourth-order valence-corrected chi connectivity index (χ4v) is 4.51. The number of hydrogen-bond donors (Lipinski definition) is 1. The van der Waals surface area contributed by atoms with Crippen molar-refractivity contribution < 1.29 is 4.42 Å². The Morgan fingerprint density at radius 2 is 1.86 bits per heavy atom. The molecule has 0 bridgehead atoms. The topological polar surface area (TPSA) is 89.6 Å². The van der Waals surface area contributed by atoms with Crippen LogP contribution in [0.5, 0.6) is 0 Å². The van der Waals surface area contributed by atoms with E-state index < -0.39 is 0 Å². The van der Waals surface area contributed by atoms with Crippen molar-refractivity contribution in [2.24, 2.45) is 0 Å². The molecular formula is C20H14N6OS2. The standard InChI is InChI=1S/C20H14N6OS2/c1-2-6-16-15(5-1)18(24-17(23-16)13-7-9-21-10-8-13)28-20-26-25-19(29-20)22-12-14-4-3-11-27-14/h1-11H,12H2,(H,22,25). The largest absolute Gasteiger partial charge is 0.467 e. The van der Waals surface area contributed by atoms with Crippen molar-refractivity contribution in [3.8, 4) is 11.4 Å². The summed E-state index contributed by atoms with van der Waals surface area (Å²) in [4.78, 5) is 13.6. The zero-order valence-electron chi connectivity index (χ0n) is 15.0. The number of pyridine rings is 1. The quantitative estimate of drug-likeness (QED) is 0.390. The van der Waals surface area contributed by atoms with Crippen molar-refractivity contribution in [1.29, 1.82) is 0 Å². The third kappa shape index (κ3) is 3.96. The van der Waals surface area contributed by atoms with Crippen molar-refractivity contribution in [3.05, 3.63) is 72.9 Å². The highest BCUT2D eigenvalue weighted by Gasteiger charge is 2.13. The first-order valence-corrected chi connectivity index (χ1v) is 10.4. The van der Waals surface area contributed by atoms with E-state index in [2.05, 4.69) is 20.5 Å². The molecule has 0 saturated carbocycles. The summed E-state index contributed by atoms with van der Waals surface area (Å²) < 4.78 is 6.13. The Morgan fingerprint density at radius 3 is 2.72 bits per heavy atom. The van der Waals surface area contributed by atoms with Crippen LogP contribution in [0.25, 0.3) is 22.3 Å². The second-order valence-electron chi connectivity index (χ2n) is 6.01. The zero-order chi connectivity index (χ0) is 19.5. The van der Waals surface area contributed by atoms with E-state index in [-0.39, 0.29) is 0 Å². The Bertz CT molecular complexity index is 1240. The molecule has 0 amide bonds. The Morgan fingerprint density at radius 1 is 0.966 bits per heavy atom. The van der Waals surface area contributed by atoms with Gasteiger partial charge >= 0.3 is 0 Å². The molecule has 0 unspecified atom stereocenters. The van der Waals surface area contributed by atoms with Crippen LogP contribution < -0.4 is 5.32 Å². The maximum atomic E-state index is 5.33. The molecule has 4 aromatic heterocycles. The summed E-state index contributed by atoms with van der Waals surface area (Å²) in [5.41, 5.74) is 1.81. The van der Waals surface area contributed by atoms with Crippen LogP contribution in [0.15, 0.2) is 81.0 Å². The van der Waals surface area contributed by atoms with Gasteiger partial charge in [0.25, 0.3) is 0 Å². The highest BCUT2D eigenvalue weighted by molar-refractivity contribution is 8.01. The van der Waals surface area contributed by atoms with Crippen LogP contribution >= 0.6 is 23.1 Å². The molecule has 9 heteroatoms. The minimum absolute atomic E-state index is 0.564. The monoisotopic (exact) mass is 418 g/mol. The van der Waals surface area contributed by atoms with Gasteiger partial charge in [0.1, 0.15) is 10.8 Å². The third-order valence-electron chi connectivity index (χ3n) is 4.09. The van der Waals surface area contributed by atoms with Crippen LogP contribution in [0.2, 0.25) is 0 Å². The molecule has 1 aromatic carbocycles. The number of rotatable bonds is 6. The summed E-state index contributed by atoms with van der Waals surface area (Å²) in [6, 6.07) is 15.5. The maximum Gasteiger partial charge on any atom is 0.206 e. The van der Waals surface area contributed by atoms with E-state index in [0.29, 0.717) is 12.4 Å². The number of hydrogen-bond acceptors (Lipinski definition) is 9. The Balaban J connectivity index is 1.44. The molecule has 4 heterocycles. The fourth-order valence-electron chi connectivity index (χ4n) is 2.74. The lowest BCUT2D eigenvalue weighted by atomic mass is 10.2. The minimum atomic E-state index is 0.564. The van der Waals surface area contributed by atoms with E-state index in [0.717, 1.165) is 36.7 Å². The van der Waals surface area contributed by atoms with Crippen LogP contribution in [0.3, 0.4) is 0 Å². The van der Waals surface area contributed by atoms with Gasteiger partial charge in [-0.3, -0.25) is 4.98 Å². The lowest BCUT2D eigenvalue weighted by Gasteiger charge is -2.07. The summed E-state index contributed by atoms with van der Waals surface area (Å²) in [6.45, 7) is 0.564. The fraction of sp³-hybridized carbons (Fsp3) is 0.0500. The average Bonchev–Trinajstić information content (AvgIpc) is 3.45. The molecule has 0 aliphatic carbocycles. The van der Waals surface area contributed by atoms with E-state index in [1.54, 1.807) is 18.7 Å². The SMILES string of the molecule is c1coc(CNc2nnc(Sc3nc(-c4ccncc4)nc4ccccc34)s2)c1. The molecule has 142 valence electrons. The normalized spacial score (nSPS) is 11.0. The molecule has 0 aliphatic heterocycles. The number of aromatic nitrogens is 5. The van der Waals surface area contributed by atoms with Crippen LogP contribution in [0, 0.1) is 0 Å². The summed E-state index contributed by atoms with van der Waals surface area (Å²) >= 11 is 2.96. The molecule has 1 N–H and O–H groups in total. The molecule has 0 atom stereocenters. The van der Waals surface area contributed by atoms with E-state index in [1.165, 1.54) is 23.1 Å². The zero-order valence-corrected chi connectivity index (χ0v) is 16.7. The molecule has 0 radical (unpaired) electrons. The van der Waals surface area contributed by atoms with Crippen LogP contribution in [-0.4, -0.2) is 25.1 Å². The lowest BCUT2D eigenvalue weighted by molar-refractivity contribution is 0.518. The number of furan rings is 1. The molecule has 0 saturated heterocycles. The van der Waals surface area contributed by atoms with E-state index in [1.807, 2.05) is 48.5 Å². The van der Waals surface area contributed by atoms with Crippen molar-refractivity contribution in [2.75, 3.05) is 5.32 Å². The maximum absolute atomic E-state index is 5.33. The lowest BCUT2D eigenvalue weighted by Crippen LogP contribution is -1.96. The van der Waals surface area contributed by atoms with Gasteiger partial charge in [-0.15, -0.1) is 10.2 Å². The predicted octanol–water partition coefficient (Wildman–Crippen LogP) is 4.90. The second kappa shape index (κ2) is 7.98. The molecule has 5 rings (SSSR count). The predicted molar refractivity (Wildman–Crippen MR) is 113 cm³/mol. The first kappa shape index (κ1) is 17.8. The van der Waals surface area contributed by atoms with E-state index in [4.69, 9.17) is 14.4 Å². The summed E-state index contributed by atoms with van der Waals surface area (Å²) in [6.07, 6.45) is 5.13. The first-order valence-electron chi connectivity index (χ1n) is 8.80. The molecule has 5 aromatic rings. The number of nitrogens with zero attached hydrogens (tertiary/aromatic N) is 5. The van der Waals surface area contributed by atoms with Gasteiger partial charge in [-0.05, 0) is 42.1 Å². The minimum Gasteiger partial charge on any atom is -0.467 e. The number of benzene rings is 1. The number of nitrogens with one attached hydrogen (secondary N) is 1. The van der Waals surface area contributed by atoms with Crippen molar-refractivity contribution >= 4 is 39.1 Å². The van der Waals surface area contributed by atoms with Crippen LogP contribution in [-0.2, 0) is 6.54 Å². The van der Waals surface area contributed by atoms with Crippen molar-refractivity contribution in [3.63, 3.8) is 0 Å².